The van der Waals surface area contributed by atoms with E-state index < -0.39 is 0 Å². The number of hydrogen-bond acceptors (Lipinski definition) is 2. The van der Waals surface area contributed by atoms with Crippen molar-refractivity contribution in [1.29, 1.82) is 0 Å². The SMILES string of the molecule is O=C1CC(C2CC2)=NN1Cc1ccccc1Br. The zero-order valence-corrected chi connectivity index (χ0v) is 11.0. The molecule has 1 fully saturated rings. The van der Waals surface area contributed by atoms with Crippen molar-refractivity contribution >= 4 is 27.5 Å². The van der Waals surface area contributed by atoms with Gasteiger partial charge in [0, 0.05) is 4.47 Å². The van der Waals surface area contributed by atoms with E-state index in [1.165, 1.54) is 12.8 Å². The lowest BCUT2D eigenvalue weighted by atomic mass is 10.2. The third-order valence-corrected chi connectivity index (χ3v) is 3.97. The number of amides is 1. The summed E-state index contributed by atoms with van der Waals surface area (Å²) in [5, 5.41) is 6.05. The molecule has 1 amide bonds. The molecule has 0 N–H and O–H groups in total. The first kappa shape index (κ1) is 11.0. The molecule has 3 rings (SSSR count). The summed E-state index contributed by atoms with van der Waals surface area (Å²) in [4.78, 5) is 11.8. The highest BCUT2D eigenvalue weighted by atomic mass is 79.9. The van der Waals surface area contributed by atoms with Gasteiger partial charge in [0.05, 0.1) is 18.7 Å². The van der Waals surface area contributed by atoms with Gasteiger partial charge >= 0.3 is 0 Å². The third kappa shape index (κ3) is 2.27. The van der Waals surface area contributed by atoms with E-state index in [0.717, 1.165) is 15.7 Å². The summed E-state index contributed by atoms with van der Waals surface area (Å²) >= 11 is 3.49. The maximum Gasteiger partial charge on any atom is 0.248 e. The van der Waals surface area contributed by atoms with Crippen LogP contribution in [0.2, 0.25) is 0 Å². The second kappa shape index (κ2) is 4.26. The van der Waals surface area contributed by atoms with Gasteiger partial charge in [0.2, 0.25) is 5.91 Å². The van der Waals surface area contributed by atoms with Gasteiger partial charge in [-0.15, -0.1) is 0 Å². The molecule has 0 spiro atoms. The molecule has 0 radical (unpaired) electrons. The quantitative estimate of drug-likeness (QED) is 0.843. The van der Waals surface area contributed by atoms with Crippen molar-refractivity contribution in [2.45, 2.75) is 25.8 Å². The summed E-state index contributed by atoms with van der Waals surface area (Å²) in [6.07, 6.45) is 2.93. The van der Waals surface area contributed by atoms with Crippen LogP contribution in [0.5, 0.6) is 0 Å². The van der Waals surface area contributed by atoms with E-state index in [2.05, 4.69) is 21.0 Å². The van der Waals surface area contributed by atoms with Gasteiger partial charge in [-0.1, -0.05) is 34.1 Å². The third-order valence-electron chi connectivity index (χ3n) is 3.20. The first-order chi connectivity index (χ1) is 8.24. The predicted molar refractivity (Wildman–Crippen MR) is 69.5 cm³/mol. The zero-order chi connectivity index (χ0) is 11.8. The standard InChI is InChI=1S/C13H13BrN2O/c14-11-4-2-1-3-10(11)8-16-13(17)7-12(15-16)9-5-6-9/h1-4,9H,5-8H2. The number of carbonyl (C=O) groups is 1. The van der Waals surface area contributed by atoms with Gasteiger partial charge < -0.3 is 0 Å². The molecule has 0 saturated heterocycles. The van der Waals surface area contributed by atoms with E-state index in [-0.39, 0.29) is 5.91 Å². The Morgan fingerprint density at radius 1 is 1.35 bits per heavy atom. The van der Waals surface area contributed by atoms with Crippen LogP contribution in [0.3, 0.4) is 0 Å². The molecule has 3 nitrogen and oxygen atoms in total. The van der Waals surface area contributed by atoms with Crippen molar-refractivity contribution in [3.05, 3.63) is 34.3 Å². The first-order valence-electron chi connectivity index (χ1n) is 5.85. The molecule has 2 aliphatic rings. The average Bonchev–Trinajstić information content (AvgIpc) is 3.09. The molecular formula is C13H13BrN2O. The lowest BCUT2D eigenvalue weighted by molar-refractivity contribution is -0.129. The van der Waals surface area contributed by atoms with E-state index >= 15 is 0 Å². The summed E-state index contributed by atoms with van der Waals surface area (Å²) in [7, 11) is 0. The summed E-state index contributed by atoms with van der Waals surface area (Å²) in [6.45, 7) is 0.566. The van der Waals surface area contributed by atoms with Gasteiger partial charge in [-0.2, -0.15) is 5.10 Å². The zero-order valence-electron chi connectivity index (χ0n) is 9.40. The molecule has 0 atom stereocenters. The fraction of sp³-hybridized carbons (Fsp3) is 0.385. The summed E-state index contributed by atoms with van der Waals surface area (Å²) in [6, 6.07) is 7.95. The lowest BCUT2D eigenvalue weighted by Gasteiger charge is -2.12. The second-order valence-electron chi connectivity index (χ2n) is 4.59. The first-order valence-corrected chi connectivity index (χ1v) is 6.64. The molecule has 0 unspecified atom stereocenters. The molecule has 1 aromatic carbocycles. The van der Waals surface area contributed by atoms with E-state index in [9.17, 15) is 4.79 Å². The Morgan fingerprint density at radius 2 is 2.12 bits per heavy atom. The van der Waals surface area contributed by atoms with Crippen LogP contribution < -0.4 is 0 Å². The fourth-order valence-corrected chi connectivity index (χ4v) is 2.46. The van der Waals surface area contributed by atoms with Crippen LogP contribution in [0.1, 0.15) is 24.8 Å². The molecule has 4 heteroatoms. The number of halogens is 1. The van der Waals surface area contributed by atoms with E-state index in [1.807, 2.05) is 24.3 Å². The van der Waals surface area contributed by atoms with Crippen LogP contribution in [0, 0.1) is 5.92 Å². The lowest BCUT2D eigenvalue weighted by Crippen LogP contribution is -2.20. The van der Waals surface area contributed by atoms with Crippen molar-refractivity contribution in [2.24, 2.45) is 11.0 Å². The largest absolute Gasteiger partial charge is 0.273 e. The predicted octanol–water partition coefficient (Wildman–Crippen LogP) is 2.95. The molecule has 1 aliphatic carbocycles. The number of rotatable bonds is 3. The summed E-state index contributed by atoms with van der Waals surface area (Å²) < 4.78 is 1.03. The number of carbonyl (C=O) groups excluding carboxylic acids is 1. The number of hydrazone groups is 1. The van der Waals surface area contributed by atoms with E-state index in [1.54, 1.807) is 5.01 Å². The molecule has 1 heterocycles. The van der Waals surface area contributed by atoms with Crippen molar-refractivity contribution in [1.82, 2.24) is 5.01 Å². The van der Waals surface area contributed by atoms with Crippen LogP contribution in [0.25, 0.3) is 0 Å². The van der Waals surface area contributed by atoms with E-state index in [0.29, 0.717) is 18.9 Å². The minimum atomic E-state index is 0.127. The van der Waals surface area contributed by atoms with Crippen molar-refractivity contribution in [3.8, 4) is 0 Å². The molecule has 88 valence electrons. The highest BCUT2D eigenvalue weighted by Crippen LogP contribution is 2.34. The molecule has 0 aromatic heterocycles. The molecular weight excluding hydrogens is 280 g/mol. The van der Waals surface area contributed by atoms with Gasteiger partial charge in [-0.05, 0) is 30.4 Å². The average molecular weight is 293 g/mol. The highest BCUT2D eigenvalue weighted by Gasteiger charge is 2.34. The van der Waals surface area contributed by atoms with Crippen molar-refractivity contribution in [2.75, 3.05) is 0 Å². The summed E-state index contributed by atoms with van der Waals surface area (Å²) in [5.41, 5.74) is 2.18. The van der Waals surface area contributed by atoms with Crippen LogP contribution in [0.15, 0.2) is 33.8 Å². The molecule has 1 saturated carbocycles. The summed E-state index contributed by atoms with van der Waals surface area (Å²) in [5.74, 6) is 0.714. The smallest absolute Gasteiger partial charge is 0.248 e. The normalized spacial score (nSPS) is 19.7. The van der Waals surface area contributed by atoms with Crippen molar-refractivity contribution < 1.29 is 4.79 Å². The Hall–Kier alpha value is -1.16. The molecule has 1 aromatic rings. The van der Waals surface area contributed by atoms with Crippen LogP contribution >= 0.6 is 15.9 Å². The maximum absolute atomic E-state index is 11.8. The minimum Gasteiger partial charge on any atom is -0.273 e. The molecule has 17 heavy (non-hydrogen) atoms. The fourth-order valence-electron chi connectivity index (χ4n) is 2.05. The Balaban J connectivity index is 1.77. The number of hydrogen-bond donors (Lipinski definition) is 0. The second-order valence-corrected chi connectivity index (χ2v) is 5.44. The van der Waals surface area contributed by atoms with Crippen LogP contribution in [0.4, 0.5) is 0 Å². The van der Waals surface area contributed by atoms with Gasteiger partial charge in [0.15, 0.2) is 0 Å². The molecule has 1 aliphatic heterocycles. The highest BCUT2D eigenvalue weighted by molar-refractivity contribution is 9.10. The van der Waals surface area contributed by atoms with Gasteiger partial charge in [0.25, 0.3) is 0 Å². The monoisotopic (exact) mass is 292 g/mol. The van der Waals surface area contributed by atoms with Crippen molar-refractivity contribution in [3.63, 3.8) is 0 Å². The number of benzene rings is 1. The van der Waals surface area contributed by atoms with Gasteiger partial charge in [-0.3, -0.25) is 4.79 Å². The maximum atomic E-state index is 11.8. The Kier molecular flexibility index (Phi) is 2.74. The Bertz CT molecular complexity index is 494. The van der Waals surface area contributed by atoms with Crippen LogP contribution in [-0.2, 0) is 11.3 Å². The number of nitrogens with zero attached hydrogens (tertiary/aromatic N) is 2. The molecule has 0 bridgehead atoms. The topological polar surface area (TPSA) is 32.7 Å². The van der Waals surface area contributed by atoms with E-state index in [4.69, 9.17) is 0 Å². The Morgan fingerprint density at radius 3 is 2.82 bits per heavy atom. The van der Waals surface area contributed by atoms with Crippen LogP contribution in [-0.4, -0.2) is 16.6 Å². The Labute approximate surface area is 109 Å². The van der Waals surface area contributed by atoms with Gasteiger partial charge in [0.1, 0.15) is 0 Å². The minimum absolute atomic E-state index is 0.127. The van der Waals surface area contributed by atoms with Gasteiger partial charge in [-0.25, -0.2) is 5.01 Å².